The standard InChI is InChI=1S/C13H28N2OS/c1-2-15-8-3-5-13(6-9-15)14-7-12-17-11-4-10-16/h13-14,16H,2-12H2,1H3. The van der Waals surface area contributed by atoms with Gasteiger partial charge in [-0.25, -0.2) is 0 Å². The molecule has 0 amide bonds. The molecule has 17 heavy (non-hydrogen) atoms. The topological polar surface area (TPSA) is 35.5 Å². The third kappa shape index (κ3) is 7.29. The fourth-order valence-electron chi connectivity index (χ4n) is 2.28. The van der Waals surface area contributed by atoms with Gasteiger partial charge in [-0.1, -0.05) is 6.92 Å². The van der Waals surface area contributed by atoms with Crippen LogP contribution in [0.25, 0.3) is 0 Å². The first-order valence-electron chi connectivity index (χ1n) is 7.01. The minimum absolute atomic E-state index is 0.329. The van der Waals surface area contributed by atoms with Crippen molar-refractivity contribution in [2.24, 2.45) is 0 Å². The highest BCUT2D eigenvalue weighted by Gasteiger charge is 2.14. The SMILES string of the molecule is CCN1CCCC(NCCSCCCO)CC1. The van der Waals surface area contributed by atoms with Crippen LogP contribution >= 0.6 is 11.8 Å². The molecule has 0 saturated carbocycles. The second kappa shape index (κ2) is 10.2. The van der Waals surface area contributed by atoms with E-state index in [9.17, 15) is 0 Å². The van der Waals surface area contributed by atoms with Gasteiger partial charge in [-0.15, -0.1) is 0 Å². The zero-order valence-corrected chi connectivity index (χ0v) is 12.0. The summed E-state index contributed by atoms with van der Waals surface area (Å²) in [7, 11) is 0. The van der Waals surface area contributed by atoms with Crippen molar-refractivity contribution in [2.45, 2.75) is 38.6 Å². The van der Waals surface area contributed by atoms with Gasteiger partial charge < -0.3 is 15.3 Å². The molecule has 3 nitrogen and oxygen atoms in total. The van der Waals surface area contributed by atoms with Crippen LogP contribution in [0.2, 0.25) is 0 Å². The molecule has 1 saturated heterocycles. The maximum absolute atomic E-state index is 8.67. The zero-order chi connectivity index (χ0) is 12.3. The largest absolute Gasteiger partial charge is 0.396 e. The third-order valence-electron chi connectivity index (χ3n) is 3.39. The molecule has 1 unspecified atom stereocenters. The molecule has 0 aromatic heterocycles. The predicted octanol–water partition coefficient (Wildman–Crippen LogP) is 1.57. The molecule has 1 fully saturated rings. The summed E-state index contributed by atoms with van der Waals surface area (Å²) >= 11 is 1.94. The number of hydrogen-bond acceptors (Lipinski definition) is 4. The quantitative estimate of drug-likeness (QED) is 0.649. The molecular weight excluding hydrogens is 232 g/mol. The highest BCUT2D eigenvalue weighted by molar-refractivity contribution is 7.99. The van der Waals surface area contributed by atoms with Gasteiger partial charge in [-0.3, -0.25) is 0 Å². The number of nitrogens with one attached hydrogen (secondary N) is 1. The van der Waals surface area contributed by atoms with Gasteiger partial charge in [0.25, 0.3) is 0 Å². The highest BCUT2D eigenvalue weighted by Crippen LogP contribution is 2.11. The Hall–Kier alpha value is 0.230. The van der Waals surface area contributed by atoms with Crippen LogP contribution in [0.1, 0.15) is 32.6 Å². The van der Waals surface area contributed by atoms with Crippen molar-refractivity contribution in [2.75, 3.05) is 44.3 Å². The van der Waals surface area contributed by atoms with E-state index in [1.165, 1.54) is 44.6 Å². The van der Waals surface area contributed by atoms with Gasteiger partial charge >= 0.3 is 0 Å². The molecule has 0 aromatic carbocycles. The van der Waals surface area contributed by atoms with Crippen molar-refractivity contribution >= 4 is 11.8 Å². The molecule has 102 valence electrons. The van der Waals surface area contributed by atoms with E-state index >= 15 is 0 Å². The first kappa shape index (κ1) is 15.3. The number of aliphatic hydroxyl groups excluding tert-OH is 1. The van der Waals surface area contributed by atoms with Crippen molar-refractivity contribution in [3.63, 3.8) is 0 Å². The molecule has 1 aliphatic rings. The van der Waals surface area contributed by atoms with Crippen LogP contribution in [-0.4, -0.2) is 60.3 Å². The average molecular weight is 260 g/mol. The lowest BCUT2D eigenvalue weighted by Gasteiger charge is -2.18. The number of rotatable bonds is 8. The molecule has 0 bridgehead atoms. The van der Waals surface area contributed by atoms with Crippen molar-refractivity contribution < 1.29 is 5.11 Å². The van der Waals surface area contributed by atoms with Crippen LogP contribution in [-0.2, 0) is 0 Å². The van der Waals surface area contributed by atoms with Crippen LogP contribution in [0, 0.1) is 0 Å². The van der Waals surface area contributed by atoms with Gasteiger partial charge in [0.15, 0.2) is 0 Å². The fourth-order valence-corrected chi connectivity index (χ4v) is 3.08. The molecule has 0 aromatic rings. The molecular formula is C13H28N2OS. The van der Waals surface area contributed by atoms with E-state index in [2.05, 4.69) is 17.1 Å². The molecule has 2 N–H and O–H groups in total. The first-order valence-corrected chi connectivity index (χ1v) is 8.16. The van der Waals surface area contributed by atoms with Crippen molar-refractivity contribution in [3.05, 3.63) is 0 Å². The Kier molecular flexibility index (Phi) is 9.16. The van der Waals surface area contributed by atoms with E-state index < -0.39 is 0 Å². The van der Waals surface area contributed by atoms with Gasteiger partial charge in [-0.2, -0.15) is 11.8 Å². The number of hydrogen-bond donors (Lipinski definition) is 2. The Morgan fingerprint density at radius 2 is 2.18 bits per heavy atom. The van der Waals surface area contributed by atoms with Gasteiger partial charge in [0.2, 0.25) is 0 Å². The van der Waals surface area contributed by atoms with Gasteiger partial charge in [0, 0.05) is 24.9 Å². The molecule has 0 spiro atoms. The number of likely N-dealkylation sites (tertiary alicyclic amines) is 1. The molecule has 4 heteroatoms. The van der Waals surface area contributed by atoms with Crippen LogP contribution in [0.5, 0.6) is 0 Å². The lowest BCUT2D eigenvalue weighted by Crippen LogP contribution is -2.32. The summed E-state index contributed by atoms with van der Waals surface area (Å²) < 4.78 is 0. The van der Waals surface area contributed by atoms with Crippen LogP contribution in [0.15, 0.2) is 0 Å². The monoisotopic (exact) mass is 260 g/mol. The number of thioether (sulfide) groups is 1. The minimum atomic E-state index is 0.329. The number of aliphatic hydroxyl groups is 1. The van der Waals surface area contributed by atoms with E-state index in [1.807, 2.05) is 11.8 Å². The van der Waals surface area contributed by atoms with Gasteiger partial charge in [-0.05, 0) is 51.1 Å². The molecule has 0 radical (unpaired) electrons. The second-order valence-corrected chi connectivity index (χ2v) is 5.93. The normalized spacial score (nSPS) is 22.6. The van der Waals surface area contributed by atoms with Crippen molar-refractivity contribution in [1.29, 1.82) is 0 Å². The Labute approximate surface area is 110 Å². The Morgan fingerprint density at radius 1 is 1.29 bits per heavy atom. The highest BCUT2D eigenvalue weighted by atomic mass is 32.2. The number of nitrogens with zero attached hydrogens (tertiary/aromatic N) is 1. The Balaban J connectivity index is 1.99. The summed E-state index contributed by atoms with van der Waals surface area (Å²) in [6, 6.07) is 0.727. The summed E-state index contributed by atoms with van der Waals surface area (Å²) in [6.07, 6.45) is 4.90. The summed E-state index contributed by atoms with van der Waals surface area (Å²) in [5.41, 5.74) is 0. The van der Waals surface area contributed by atoms with Crippen molar-refractivity contribution in [1.82, 2.24) is 10.2 Å². The molecule has 0 aliphatic carbocycles. The summed E-state index contributed by atoms with van der Waals surface area (Å²) in [5, 5.41) is 12.3. The zero-order valence-electron chi connectivity index (χ0n) is 11.2. The van der Waals surface area contributed by atoms with E-state index in [0.29, 0.717) is 6.61 Å². The van der Waals surface area contributed by atoms with E-state index in [4.69, 9.17) is 5.11 Å². The van der Waals surface area contributed by atoms with Crippen LogP contribution in [0.3, 0.4) is 0 Å². The molecule has 1 rings (SSSR count). The molecule has 1 aliphatic heterocycles. The first-order chi connectivity index (χ1) is 8.36. The van der Waals surface area contributed by atoms with E-state index in [-0.39, 0.29) is 0 Å². The van der Waals surface area contributed by atoms with E-state index in [0.717, 1.165) is 24.8 Å². The van der Waals surface area contributed by atoms with E-state index in [1.54, 1.807) is 0 Å². The maximum Gasteiger partial charge on any atom is 0.0438 e. The van der Waals surface area contributed by atoms with Crippen LogP contribution < -0.4 is 5.32 Å². The van der Waals surface area contributed by atoms with Gasteiger partial charge in [0.05, 0.1) is 0 Å². The lowest BCUT2D eigenvalue weighted by atomic mass is 10.1. The fraction of sp³-hybridized carbons (Fsp3) is 1.00. The van der Waals surface area contributed by atoms with Crippen molar-refractivity contribution in [3.8, 4) is 0 Å². The van der Waals surface area contributed by atoms with Crippen LogP contribution in [0.4, 0.5) is 0 Å². The predicted molar refractivity (Wildman–Crippen MR) is 76.8 cm³/mol. The minimum Gasteiger partial charge on any atom is -0.396 e. The maximum atomic E-state index is 8.67. The lowest BCUT2D eigenvalue weighted by molar-refractivity contribution is 0.296. The molecule has 1 heterocycles. The Bertz CT molecular complexity index is 181. The Morgan fingerprint density at radius 3 is 2.94 bits per heavy atom. The summed E-state index contributed by atoms with van der Waals surface area (Å²) in [4.78, 5) is 2.55. The second-order valence-electron chi connectivity index (χ2n) is 4.71. The third-order valence-corrected chi connectivity index (χ3v) is 4.46. The summed E-state index contributed by atoms with van der Waals surface area (Å²) in [6.45, 7) is 7.43. The van der Waals surface area contributed by atoms with Gasteiger partial charge in [0.1, 0.15) is 0 Å². The summed E-state index contributed by atoms with van der Waals surface area (Å²) in [5.74, 6) is 2.26. The average Bonchev–Trinajstić information content (AvgIpc) is 2.59. The molecule has 1 atom stereocenters. The smallest absolute Gasteiger partial charge is 0.0438 e.